The van der Waals surface area contributed by atoms with Crippen LogP contribution in [0, 0.1) is 0 Å². The summed E-state index contributed by atoms with van der Waals surface area (Å²) in [7, 11) is -3.56. The van der Waals surface area contributed by atoms with Crippen LogP contribution in [0.4, 0.5) is 0 Å². The molecule has 6 rings (SSSR count). The number of rotatable bonds is 9. The van der Waals surface area contributed by atoms with Gasteiger partial charge in [-0.2, -0.15) is 4.31 Å². The Morgan fingerprint density at radius 2 is 1.26 bits per heavy atom. The van der Waals surface area contributed by atoms with Crippen LogP contribution in [0.5, 0.6) is 0 Å². The number of piperazine rings is 1. The second-order valence-corrected chi connectivity index (χ2v) is 12.6. The Balaban J connectivity index is 1.05. The third-order valence-electron chi connectivity index (χ3n) is 8.07. The van der Waals surface area contributed by atoms with Crippen LogP contribution in [0.3, 0.4) is 0 Å². The van der Waals surface area contributed by atoms with E-state index in [1.807, 2.05) is 71.4 Å². The molecule has 0 unspecified atom stereocenters. The number of imidazole rings is 1. The van der Waals surface area contributed by atoms with Crippen molar-refractivity contribution >= 4 is 15.8 Å². The molecule has 4 aromatic rings. The summed E-state index contributed by atoms with van der Waals surface area (Å²) in [6.07, 6.45) is 5.28. The Kier molecular flexibility index (Phi) is 8.59. The van der Waals surface area contributed by atoms with Gasteiger partial charge in [0.2, 0.25) is 10.0 Å². The molecule has 0 atom stereocenters. The lowest BCUT2D eigenvalue weighted by molar-refractivity contribution is 0.0317. The van der Waals surface area contributed by atoms with E-state index in [4.69, 9.17) is 4.74 Å². The molecule has 3 heterocycles. The third kappa shape index (κ3) is 6.38. The highest BCUT2D eigenvalue weighted by Gasteiger charge is 2.28. The van der Waals surface area contributed by atoms with E-state index < -0.39 is 10.0 Å². The normalized spacial score (nSPS) is 17.3. The number of benzene rings is 3. The largest absolute Gasteiger partial charge is 0.379 e. The first-order valence-corrected chi connectivity index (χ1v) is 15.8. The topological polar surface area (TPSA) is 88.0 Å². The summed E-state index contributed by atoms with van der Waals surface area (Å²) in [4.78, 5) is 22.1. The fourth-order valence-corrected chi connectivity index (χ4v) is 6.87. The molecule has 2 saturated heterocycles. The SMILES string of the molecule is O=C(c1ccc(-c2ccc(S(=O)(=O)N3CCN(CCN4CCOCC4)CC3)cc2)cc1)c1ccc(-n2ccnc2)cc1. The zero-order valence-corrected chi connectivity index (χ0v) is 24.3. The lowest BCUT2D eigenvalue weighted by Gasteiger charge is -2.35. The average Bonchev–Trinajstić information content (AvgIpc) is 3.60. The molecule has 0 saturated carbocycles. The number of aromatic nitrogens is 2. The van der Waals surface area contributed by atoms with Crippen molar-refractivity contribution in [2.45, 2.75) is 4.90 Å². The van der Waals surface area contributed by atoms with Gasteiger partial charge in [-0.25, -0.2) is 13.4 Å². The number of ketones is 1. The number of nitrogens with zero attached hydrogens (tertiary/aromatic N) is 5. The van der Waals surface area contributed by atoms with E-state index in [9.17, 15) is 13.2 Å². The molecule has 218 valence electrons. The lowest BCUT2D eigenvalue weighted by atomic mass is 9.99. The fourth-order valence-electron chi connectivity index (χ4n) is 5.45. The average molecular weight is 586 g/mol. The van der Waals surface area contributed by atoms with Crippen LogP contribution >= 0.6 is 0 Å². The van der Waals surface area contributed by atoms with E-state index in [1.54, 1.807) is 29.0 Å². The second-order valence-electron chi connectivity index (χ2n) is 10.6. The van der Waals surface area contributed by atoms with Gasteiger partial charge in [0.25, 0.3) is 0 Å². The molecule has 3 aromatic carbocycles. The van der Waals surface area contributed by atoms with Gasteiger partial charge in [0.15, 0.2) is 5.78 Å². The van der Waals surface area contributed by atoms with Crippen LogP contribution < -0.4 is 0 Å². The quantitative estimate of drug-likeness (QED) is 0.278. The predicted molar refractivity (Wildman–Crippen MR) is 161 cm³/mol. The van der Waals surface area contributed by atoms with Gasteiger partial charge in [-0.3, -0.25) is 14.6 Å². The number of ether oxygens (including phenoxy) is 1. The molecule has 0 spiro atoms. The summed E-state index contributed by atoms with van der Waals surface area (Å²) in [5.74, 6) is -0.0543. The molecular weight excluding hydrogens is 550 g/mol. The van der Waals surface area contributed by atoms with E-state index >= 15 is 0 Å². The highest BCUT2D eigenvalue weighted by Crippen LogP contribution is 2.25. The van der Waals surface area contributed by atoms with Gasteiger partial charge in [-0.05, 0) is 47.5 Å². The Labute approximate surface area is 247 Å². The van der Waals surface area contributed by atoms with Gasteiger partial charge in [-0.1, -0.05) is 36.4 Å². The van der Waals surface area contributed by atoms with Gasteiger partial charge in [-0.15, -0.1) is 0 Å². The zero-order valence-electron chi connectivity index (χ0n) is 23.5. The molecule has 2 fully saturated rings. The van der Waals surface area contributed by atoms with Crippen molar-refractivity contribution in [1.82, 2.24) is 23.7 Å². The van der Waals surface area contributed by atoms with E-state index in [-0.39, 0.29) is 5.78 Å². The van der Waals surface area contributed by atoms with Gasteiger partial charge >= 0.3 is 0 Å². The summed E-state index contributed by atoms with van der Waals surface area (Å²) in [6.45, 7) is 7.92. The van der Waals surface area contributed by atoms with Crippen molar-refractivity contribution in [1.29, 1.82) is 0 Å². The Hall–Kier alpha value is -3.67. The van der Waals surface area contributed by atoms with E-state index in [0.717, 1.165) is 69.3 Å². The highest BCUT2D eigenvalue weighted by atomic mass is 32.2. The Morgan fingerprint density at radius 3 is 1.83 bits per heavy atom. The lowest BCUT2D eigenvalue weighted by Crippen LogP contribution is -2.50. The third-order valence-corrected chi connectivity index (χ3v) is 9.98. The summed E-state index contributed by atoms with van der Waals surface area (Å²) in [5.41, 5.74) is 3.95. The molecule has 9 nitrogen and oxygen atoms in total. The Morgan fingerprint density at radius 1 is 0.714 bits per heavy atom. The van der Waals surface area contributed by atoms with E-state index in [0.29, 0.717) is 29.1 Å². The number of sulfonamides is 1. The van der Waals surface area contributed by atoms with Gasteiger partial charge in [0, 0.05) is 81.6 Å². The van der Waals surface area contributed by atoms with Crippen LogP contribution in [0.15, 0.2) is 96.4 Å². The summed E-state index contributed by atoms with van der Waals surface area (Å²) >= 11 is 0. The van der Waals surface area contributed by atoms with Crippen molar-refractivity contribution < 1.29 is 17.9 Å². The maximum atomic E-state index is 13.3. The first-order valence-electron chi connectivity index (χ1n) is 14.3. The van der Waals surface area contributed by atoms with E-state index in [2.05, 4.69) is 14.8 Å². The molecule has 2 aliphatic rings. The number of hydrogen-bond donors (Lipinski definition) is 0. The maximum absolute atomic E-state index is 13.3. The molecule has 42 heavy (non-hydrogen) atoms. The number of carbonyl (C=O) groups is 1. The van der Waals surface area contributed by atoms with Crippen LogP contribution in [0.1, 0.15) is 15.9 Å². The molecule has 0 amide bonds. The van der Waals surface area contributed by atoms with E-state index in [1.165, 1.54) is 0 Å². The molecule has 2 aliphatic heterocycles. The molecule has 1 aromatic heterocycles. The van der Waals surface area contributed by atoms with Crippen molar-refractivity contribution in [3.8, 4) is 16.8 Å². The van der Waals surface area contributed by atoms with Gasteiger partial charge in [0.05, 0.1) is 24.4 Å². The highest BCUT2D eigenvalue weighted by molar-refractivity contribution is 7.89. The monoisotopic (exact) mass is 585 g/mol. The van der Waals surface area contributed by atoms with Crippen LogP contribution in [-0.2, 0) is 14.8 Å². The number of hydrogen-bond acceptors (Lipinski definition) is 7. The van der Waals surface area contributed by atoms with Crippen molar-refractivity contribution in [3.05, 3.63) is 103 Å². The molecule has 0 radical (unpaired) electrons. The minimum atomic E-state index is -3.56. The number of carbonyl (C=O) groups excluding carboxylic acids is 1. The second kappa shape index (κ2) is 12.7. The summed E-state index contributed by atoms with van der Waals surface area (Å²) in [5, 5.41) is 0. The summed E-state index contributed by atoms with van der Waals surface area (Å²) in [6, 6.07) is 21.8. The minimum Gasteiger partial charge on any atom is -0.379 e. The summed E-state index contributed by atoms with van der Waals surface area (Å²) < 4.78 is 35.6. The van der Waals surface area contributed by atoms with Crippen molar-refractivity contribution in [2.75, 3.05) is 65.6 Å². The van der Waals surface area contributed by atoms with Crippen LogP contribution in [0.2, 0.25) is 0 Å². The van der Waals surface area contributed by atoms with Crippen molar-refractivity contribution in [2.24, 2.45) is 0 Å². The first kappa shape index (κ1) is 28.4. The predicted octanol–water partition coefficient (Wildman–Crippen LogP) is 3.41. The van der Waals surface area contributed by atoms with Crippen LogP contribution in [-0.4, -0.2) is 103 Å². The standard InChI is InChI=1S/C32H35N5O4S/c38-32(29-5-9-30(10-6-29)36-14-13-33-25-36)28-3-1-26(2-4-28)27-7-11-31(12-8-27)42(39,40)37-19-17-34(18-20-37)15-16-35-21-23-41-24-22-35/h1-14,25H,15-24H2. The number of morpholine rings is 1. The van der Waals surface area contributed by atoms with Gasteiger partial charge in [0.1, 0.15) is 0 Å². The molecule has 0 bridgehead atoms. The fraction of sp³-hybridized carbons (Fsp3) is 0.312. The molecular formula is C32H35N5O4S. The molecule has 10 heteroatoms. The molecule has 0 N–H and O–H groups in total. The van der Waals surface area contributed by atoms with Gasteiger partial charge < -0.3 is 9.30 Å². The Bertz CT molecular complexity index is 1570. The minimum absolute atomic E-state index is 0.0543. The zero-order chi connectivity index (χ0) is 28.9. The van der Waals surface area contributed by atoms with Crippen molar-refractivity contribution in [3.63, 3.8) is 0 Å². The smallest absolute Gasteiger partial charge is 0.243 e. The molecule has 0 aliphatic carbocycles. The van der Waals surface area contributed by atoms with Crippen LogP contribution in [0.25, 0.3) is 16.8 Å². The maximum Gasteiger partial charge on any atom is 0.243 e. The first-order chi connectivity index (χ1) is 20.5.